The third kappa shape index (κ3) is 4.16. The number of ether oxygens (including phenoxy) is 2. The summed E-state index contributed by atoms with van der Waals surface area (Å²) in [7, 11) is 1.58. The zero-order chi connectivity index (χ0) is 18.4. The molecule has 0 aliphatic heterocycles. The predicted octanol–water partition coefficient (Wildman–Crippen LogP) is 2.72. The maximum Gasteiger partial charge on any atom is 0.339 e. The lowest BCUT2D eigenvalue weighted by Gasteiger charge is -2.09. The second-order valence-electron chi connectivity index (χ2n) is 5.58. The van der Waals surface area contributed by atoms with E-state index in [1.807, 2.05) is 30.3 Å². The van der Waals surface area contributed by atoms with Gasteiger partial charge in [-0.05, 0) is 35.9 Å². The van der Waals surface area contributed by atoms with Crippen molar-refractivity contribution in [2.45, 2.75) is 6.54 Å². The molecule has 1 heterocycles. The number of benzene rings is 2. The highest BCUT2D eigenvalue weighted by molar-refractivity contribution is 6.03. The highest BCUT2D eigenvalue weighted by Crippen LogP contribution is 2.17. The molecule has 6 nitrogen and oxygen atoms in total. The molecule has 0 unspecified atom stereocenters. The van der Waals surface area contributed by atoms with Gasteiger partial charge in [-0.3, -0.25) is 9.78 Å². The molecule has 6 heteroatoms. The number of carbonyl (C=O) groups excluding carboxylic acids is 2. The molecular formula is C20H18N2O4. The fourth-order valence-electron chi connectivity index (χ4n) is 2.52. The SMILES string of the molecule is COc1cccc(CNC(=O)COC(=O)c2cccc3ncccc23)c1. The Bertz CT molecular complexity index is 935. The molecule has 132 valence electrons. The second-order valence-corrected chi connectivity index (χ2v) is 5.58. The predicted molar refractivity (Wildman–Crippen MR) is 96.9 cm³/mol. The lowest BCUT2D eigenvalue weighted by molar-refractivity contribution is -0.124. The van der Waals surface area contributed by atoms with E-state index in [0.29, 0.717) is 28.8 Å². The fourth-order valence-corrected chi connectivity index (χ4v) is 2.52. The molecule has 0 saturated heterocycles. The summed E-state index contributed by atoms with van der Waals surface area (Å²) < 4.78 is 10.3. The number of pyridine rings is 1. The summed E-state index contributed by atoms with van der Waals surface area (Å²) in [6.45, 7) is -0.0226. The van der Waals surface area contributed by atoms with Crippen molar-refractivity contribution in [3.63, 3.8) is 0 Å². The lowest BCUT2D eigenvalue weighted by Crippen LogP contribution is -2.28. The maximum atomic E-state index is 12.3. The minimum absolute atomic E-state index is 0.325. The third-order valence-electron chi connectivity index (χ3n) is 3.82. The summed E-state index contributed by atoms with van der Waals surface area (Å²) in [5.74, 6) is -0.215. The topological polar surface area (TPSA) is 77.5 Å². The van der Waals surface area contributed by atoms with Crippen molar-refractivity contribution in [1.82, 2.24) is 10.3 Å². The molecule has 0 aliphatic rings. The molecular weight excluding hydrogens is 332 g/mol. The molecule has 1 amide bonds. The minimum Gasteiger partial charge on any atom is -0.497 e. The molecule has 0 radical (unpaired) electrons. The van der Waals surface area contributed by atoms with Gasteiger partial charge in [0.1, 0.15) is 5.75 Å². The Labute approximate surface area is 150 Å². The number of rotatable bonds is 6. The van der Waals surface area contributed by atoms with Crippen molar-refractivity contribution in [2.24, 2.45) is 0 Å². The monoisotopic (exact) mass is 350 g/mol. The standard InChI is InChI=1S/C20H18N2O4/c1-25-15-6-2-5-14(11-15)12-22-19(23)13-26-20(24)17-7-3-9-18-16(17)8-4-10-21-18/h2-11H,12-13H2,1H3,(H,22,23). The van der Waals surface area contributed by atoms with Crippen LogP contribution in [0.15, 0.2) is 60.8 Å². The van der Waals surface area contributed by atoms with Crippen molar-refractivity contribution in [2.75, 3.05) is 13.7 Å². The number of esters is 1. The van der Waals surface area contributed by atoms with Gasteiger partial charge in [0, 0.05) is 18.1 Å². The van der Waals surface area contributed by atoms with Crippen LogP contribution < -0.4 is 10.1 Å². The molecule has 1 N–H and O–H groups in total. The number of nitrogens with zero attached hydrogens (tertiary/aromatic N) is 1. The van der Waals surface area contributed by atoms with E-state index in [9.17, 15) is 9.59 Å². The van der Waals surface area contributed by atoms with Crippen molar-refractivity contribution >= 4 is 22.8 Å². The zero-order valence-electron chi connectivity index (χ0n) is 14.3. The van der Waals surface area contributed by atoms with Gasteiger partial charge in [0.15, 0.2) is 6.61 Å². The summed E-state index contributed by atoms with van der Waals surface area (Å²) in [5.41, 5.74) is 1.98. The van der Waals surface area contributed by atoms with Crippen LogP contribution in [-0.2, 0) is 16.1 Å². The van der Waals surface area contributed by atoms with Crippen molar-refractivity contribution in [1.29, 1.82) is 0 Å². The number of aromatic nitrogens is 1. The van der Waals surface area contributed by atoms with E-state index in [-0.39, 0.29) is 12.5 Å². The first-order valence-corrected chi connectivity index (χ1v) is 8.08. The number of amides is 1. The minimum atomic E-state index is -0.555. The van der Waals surface area contributed by atoms with Crippen LogP contribution in [0.2, 0.25) is 0 Å². The molecule has 26 heavy (non-hydrogen) atoms. The number of methoxy groups -OCH3 is 1. The number of hydrogen-bond donors (Lipinski definition) is 1. The van der Waals surface area contributed by atoms with Gasteiger partial charge >= 0.3 is 5.97 Å². The van der Waals surface area contributed by atoms with Gasteiger partial charge in [0.25, 0.3) is 5.91 Å². The lowest BCUT2D eigenvalue weighted by atomic mass is 10.1. The third-order valence-corrected chi connectivity index (χ3v) is 3.82. The van der Waals surface area contributed by atoms with Crippen LogP contribution in [-0.4, -0.2) is 30.6 Å². The normalized spacial score (nSPS) is 10.3. The Kier molecular flexibility index (Phi) is 5.43. The summed E-state index contributed by atoms with van der Waals surface area (Å²) in [4.78, 5) is 28.4. The number of fused-ring (bicyclic) bond motifs is 1. The van der Waals surface area contributed by atoms with E-state index < -0.39 is 5.97 Å². The van der Waals surface area contributed by atoms with E-state index in [4.69, 9.17) is 9.47 Å². The Hall–Kier alpha value is -3.41. The smallest absolute Gasteiger partial charge is 0.339 e. The van der Waals surface area contributed by atoms with Gasteiger partial charge in [0.2, 0.25) is 0 Å². The van der Waals surface area contributed by atoms with E-state index in [0.717, 1.165) is 5.56 Å². The van der Waals surface area contributed by atoms with Crippen LogP contribution in [0.3, 0.4) is 0 Å². The zero-order valence-corrected chi connectivity index (χ0v) is 14.3. The van der Waals surface area contributed by atoms with Crippen molar-refractivity contribution in [3.05, 3.63) is 71.9 Å². The molecule has 0 saturated carbocycles. The first kappa shape index (κ1) is 17.4. The average Bonchev–Trinajstić information content (AvgIpc) is 2.70. The quantitative estimate of drug-likeness (QED) is 0.692. The van der Waals surface area contributed by atoms with Gasteiger partial charge in [0.05, 0.1) is 18.2 Å². The summed E-state index contributed by atoms with van der Waals surface area (Å²) in [5, 5.41) is 3.40. The molecule has 0 bridgehead atoms. The molecule has 2 aromatic carbocycles. The number of nitrogens with one attached hydrogen (secondary N) is 1. The Morgan fingerprint density at radius 3 is 2.77 bits per heavy atom. The fraction of sp³-hybridized carbons (Fsp3) is 0.150. The first-order valence-electron chi connectivity index (χ1n) is 8.08. The van der Waals surface area contributed by atoms with Gasteiger partial charge in [-0.1, -0.05) is 24.3 Å². The van der Waals surface area contributed by atoms with E-state index in [1.54, 1.807) is 37.6 Å². The largest absolute Gasteiger partial charge is 0.497 e. The highest BCUT2D eigenvalue weighted by Gasteiger charge is 2.13. The van der Waals surface area contributed by atoms with Crippen LogP contribution >= 0.6 is 0 Å². The molecule has 0 fully saturated rings. The number of carbonyl (C=O) groups is 2. The Morgan fingerprint density at radius 2 is 1.92 bits per heavy atom. The van der Waals surface area contributed by atoms with Gasteiger partial charge in [-0.15, -0.1) is 0 Å². The van der Waals surface area contributed by atoms with Gasteiger partial charge in [-0.2, -0.15) is 0 Å². The van der Waals surface area contributed by atoms with Crippen LogP contribution in [0.4, 0.5) is 0 Å². The first-order chi connectivity index (χ1) is 12.7. The molecule has 3 aromatic rings. The van der Waals surface area contributed by atoms with Gasteiger partial charge < -0.3 is 14.8 Å². The molecule has 3 rings (SSSR count). The molecule has 0 aliphatic carbocycles. The van der Waals surface area contributed by atoms with Crippen molar-refractivity contribution in [3.8, 4) is 5.75 Å². The Morgan fingerprint density at radius 1 is 1.08 bits per heavy atom. The Balaban J connectivity index is 1.56. The molecule has 1 aromatic heterocycles. The van der Waals surface area contributed by atoms with Crippen LogP contribution in [0.5, 0.6) is 5.75 Å². The summed E-state index contributed by atoms with van der Waals surface area (Å²) in [6.07, 6.45) is 1.66. The summed E-state index contributed by atoms with van der Waals surface area (Å²) in [6, 6.07) is 16.1. The van der Waals surface area contributed by atoms with Crippen LogP contribution in [0, 0.1) is 0 Å². The summed E-state index contributed by atoms with van der Waals surface area (Å²) >= 11 is 0. The van der Waals surface area contributed by atoms with Crippen molar-refractivity contribution < 1.29 is 19.1 Å². The average molecular weight is 350 g/mol. The molecule has 0 spiro atoms. The number of hydrogen-bond acceptors (Lipinski definition) is 5. The molecule has 0 atom stereocenters. The van der Waals surface area contributed by atoms with Crippen LogP contribution in [0.25, 0.3) is 10.9 Å². The van der Waals surface area contributed by atoms with Crippen LogP contribution in [0.1, 0.15) is 15.9 Å². The van der Waals surface area contributed by atoms with E-state index in [1.165, 1.54) is 0 Å². The van der Waals surface area contributed by atoms with Gasteiger partial charge in [-0.25, -0.2) is 4.79 Å². The highest BCUT2D eigenvalue weighted by atomic mass is 16.5. The maximum absolute atomic E-state index is 12.3. The van der Waals surface area contributed by atoms with E-state index in [2.05, 4.69) is 10.3 Å². The second kappa shape index (κ2) is 8.11. The van der Waals surface area contributed by atoms with E-state index >= 15 is 0 Å².